The molecule has 0 bridgehead atoms. The molecule has 2 aliphatic rings. The monoisotopic (exact) mass is 524 g/mol. The summed E-state index contributed by atoms with van der Waals surface area (Å²) in [6.45, 7) is 9.77. The Hall–Kier alpha value is -2.70. The number of aromatic nitrogens is 1. The van der Waals surface area contributed by atoms with E-state index in [4.69, 9.17) is 16.3 Å². The third-order valence-electron chi connectivity index (χ3n) is 7.57. The number of piperazine rings is 1. The van der Waals surface area contributed by atoms with Gasteiger partial charge < -0.3 is 24.8 Å². The number of ether oxygens (including phenoxy) is 1. The summed E-state index contributed by atoms with van der Waals surface area (Å²) in [7, 11) is 1.69. The summed E-state index contributed by atoms with van der Waals surface area (Å²) in [6, 6.07) is 14.5. The van der Waals surface area contributed by atoms with Crippen LogP contribution in [-0.4, -0.2) is 61.7 Å². The van der Waals surface area contributed by atoms with E-state index < -0.39 is 0 Å². The first kappa shape index (κ1) is 27.3. The maximum absolute atomic E-state index is 12.1. The van der Waals surface area contributed by atoms with Crippen molar-refractivity contribution >= 4 is 34.1 Å². The van der Waals surface area contributed by atoms with E-state index in [9.17, 15) is 4.79 Å². The third kappa shape index (κ3) is 6.99. The molecule has 1 saturated carbocycles. The maximum atomic E-state index is 12.1. The Morgan fingerprint density at radius 3 is 2.43 bits per heavy atom. The zero-order chi connectivity index (χ0) is 26.2. The second-order valence-electron chi connectivity index (χ2n) is 9.98. The largest absolute Gasteiger partial charge is 0.493 e. The zero-order valence-electron chi connectivity index (χ0n) is 22.5. The molecular weight excluding hydrogens is 484 g/mol. The molecule has 0 atom stereocenters. The number of nitrogens with one attached hydrogen (secondary N) is 2. The van der Waals surface area contributed by atoms with Crippen LogP contribution in [0.5, 0.6) is 5.75 Å². The highest BCUT2D eigenvalue weighted by Gasteiger charge is 2.21. The summed E-state index contributed by atoms with van der Waals surface area (Å²) in [4.78, 5) is 20.2. The average molecular weight is 525 g/mol. The smallest absolute Gasteiger partial charge is 0.267 e. The van der Waals surface area contributed by atoms with Gasteiger partial charge in [0.1, 0.15) is 5.69 Å². The number of likely N-dealkylation sites (N-methyl/N-ethyl adjacent to an activating group) is 1. The predicted octanol–water partition coefficient (Wildman–Crippen LogP) is 6.28. The van der Waals surface area contributed by atoms with Gasteiger partial charge in [0, 0.05) is 43.1 Å². The molecule has 2 N–H and O–H groups in total. The Balaban J connectivity index is 0.000000173. The lowest BCUT2D eigenvalue weighted by Gasteiger charge is -2.36. The Morgan fingerprint density at radius 1 is 1.05 bits per heavy atom. The van der Waals surface area contributed by atoms with Crippen molar-refractivity contribution in [2.45, 2.75) is 58.4 Å². The Bertz CT molecular complexity index is 1130. The van der Waals surface area contributed by atoms with Crippen LogP contribution in [0.25, 0.3) is 10.9 Å². The Labute approximate surface area is 226 Å². The van der Waals surface area contributed by atoms with Crippen LogP contribution >= 0.6 is 11.6 Å². The molecule has 1 saturated heterocycles. The van der Waals surface area contributed by atoms with Gasteiger partial charge in [-0.25, -0.2) is 0 Å². The van der Waals surface area contributed by atoms with Crippen molar-refractivity contribution in [1.82, 2.24) is 15.2 Å². The SMILES string of the molecule is CCc1cc(Cl)c(OC)c(N2CCN(CC)CC2)c1.O=C(NC1CCCCC1)c1cc2ccccc2[nH]1. The molecule has 6 nitrogen and oxygen atoms in total. The first-order valence-corrected chi connectivity index (χ1v) is 14.1. The van der Waals surface area contributed by atoms with Gasteiger partial charge in [-0.2, -0.15) is 0 Å². The van der Waals surface area contributed by atoms with Gasteiger partial charge in [-0.15, -0.1) is 0 Å². The number of carbonyl (C=O) groups is 1. The fourth-order valence-electron chi connectivity index (χ4n) is 5.29. The van der Waals surface area contributed by atoms with Crippen molar-refractivity contribution in [3.8, 4) is 5.75 Å². The average Bonchev–Trinajstić information content (AvgIpc) is 3.38. The van der Waals surface area contributed by atoms with Gasteiger partial charge in [-0.05, 0) is 55.6 Å². The van der Waals surface area contributed by atoms with E-state index in [0.717, 1.165) is 79.3 Å². The standard InChI is InChI=1S/C15H23ClN2O.C15H18N2O/c1-4-12-10-13(16)15(19-3)14(11-12)18-8-6-17(5-2)7-9-18;18-15(16-12-7-2-1-3-8-12)14-10-11-6-4-5-9-13(11)17-14/h10-11H,4-9H2,1-3H3;4-6,9-10,12,17H,1-3,7-8H2,(H,16,18). The summed E-state index contributed by atoms with van der Waals surface area (Å²) in [5, 5.41) is 4.93. The van der Waals surface area contributed by atoms with Crippen molar-refractivity contribution < 1.29 is 9.53 Å². The van der Waals surface area contributed by atoms with Gasteiger partial charge in [0.05, 0.1) is 17.8 Å². The fraction of sp³-hybridized carbons (Fsp3) is 0.500. The van der Waals surface area contributed by atoms with E-state index in [1.807, 2.05) is 36.4 Å². The zero-order valence-corrected chi connectivity index (χ0v) is 23.2. The summed E-state index contributed by atoms with van der Waals surface area (Å²) in [6.07, 6.45) is 7.00. The second-order valence-corrected chi connectivity index (χ2v) is 10.4. The van der Waals surface area contributed by atoms with Gasteiger partial charge in [0.15, 0.2) is 5.75 Å². The predicted molar refractivity (Wildman–Crippen MR) is 154 cm³/mol. The van der Waals surface area contributed by atoms with Crippen LogP contribution in [0.1, 0.15) is 62.0 Å². The summed E-state index contributed by atoms with van der Waals surface area (Å²) in [5.74, 6) is 0.835. The number of aryl methyl sites for hydroxylation is 1. The number of benzene rings is 2. The number of hydrogen-bond acceptors (Lipinski definition) is 4. The maximum Gasteiger partial charge on any atom is 0.267 e. The van der Waals surface area contributed by atoms with Gasteiger partial charge >= 0.3 is 0 Å². The van der Waals surface area contributed by atoms with Crippen LogP contribution in [0.4, 0.5) is 5.69 Å². The van der Waals surface area contributed by atoms with Crippen molar-refractivity contribution in [2.75, 3.05) is 44.7 Å². The van der Waals surface area contributed by atoms with Crippen molar-refractivity contribution in [3.05, 3.63) is 58.7 Å². The molecule has 5 rings (SSSR count). The molecule has 1 amide bonds. The van der Waals surface area contributed by atoms with Crippen LogP contribution < -0.4 is 15.0 Å². The minimum atomic E-state index is 0.0260. The molecule has 0 spiro atoms. The van der Waals surface area contributed by atoms with Gasteiger partial charge in [-0.1, -0.05) is 62.9 Å². The molecule has 7 heteroatoms. The number of para-hydroxylation sites is 1. The van der Waals surface area contributed by atoms with Gasteiger partial charge in [0.25, 0.3) is 5.91 Å². The number of halogens is 1. The van der Waals surface area contributed by atoms with Gasteiger partial charge in [0.2, 0.25) is 0 Å². The number of nitrogens with zero attached hydrogens (tertiary/aromatic N) is 2. The highest BCUT2D eigenvalue weighted by molar-refractivity contribution is 6.32. The quantitative estimate of drug-likeness (QED) is 0.398. The topological polar surface area (TPSA) is 60.6 Å². The van der Waals surface area contributed by atoms with E-state index >= 15 is 0 Å². The lowest BCUT2D eigenvalue weighted by atomic mass is 9.95. The third-order valence-corrected chi connectivity index (χ3v) is 7.85. The first-order chi connectivity index (χ1) is 18.0. The molecule has 0 unspecified atom stereocenters. The van der Waals surface area contributed by atoms with Crippen LogP contribution in [0.3, 0.4) is 0 Å². The number of carbonyl (C=O) groups excluding carboxylic acids is 1. The number of amides is 1. The highest BCUT2D eigenvalue weighted by Crippen LogP contribution is 2.37. The number of fused-ring (bicyclic) bond motifs is 1. The molecule has 200 valence electrons. The summed E-state index contributed by atoms with van der Waals surface area (Å²) < 4.78 is 5.49. The normalized spacial score (nSPS) is 16.8. The van der Waals surface area contributed by atoms with E-state index in [0.29, 0.717) is 11.7 Å². The Kier molecular flexibility index (Phi) is 9.75. The molecule has 1 aromatic heterocycles. The van der Waals surface area contributed by atoms with E-state index in [-0.39, 0.29) is 5.91 Å². The molecule has 3 aromatic rings. The molecule has 37 heavy (non-hydrogen) atoms. The first-order valence-electron chi connectivity index (χ1n) is 13.7. The second kappa shape index (κ2) is 13.2. The van der Waals surface area contributed by atoms with Gasteiger partial charge in [-0.3, -0.25) is 4.79 Å². The lowest BCUT2D eigenvalue weighted by molar-refractivity contribution is 0.0923. The molecule has 2 heterocycles. The number of hydrogen-bond donors (Lipinski definition) is 2. The minimum Gasteiger partial charge on any atom is -0.493 e. The van der Waals surface area contributed by atoms with Crippen LogP contribution in [0.2, 0.25) is 5.02 Å². The van der Waals surface area contributed by atoms with E-state index in [1.54, 1.807) is 7.11 Å². The lowest BCUT2D eigenvalue weighted by Crippen LogP contribution is -2.46. The molecular formula is C30H41ClN4O2. The summed E-state index contributed by atoms with van der Waals surface area (Å²) in [5.41, 5.74) is 4.09. The van der Waals surface area contributed by atoms with Crippen LogP contribution in [0, 0.1) is 0 Å². The van der Waals surface area contributed by atoms with Crippen molar-refractivity contribution in [2.24, 2.45) is 0 Å². The van der Waals surface area contributed by atoms with Crippen molar-refractivity contribution in [1.29, 1.82) is 0 Å². The number of aromatic amines is 1. The molecule has 1 aliphatic carbocycles. The number of H-pyrrole nitrogens is 1. The highest BCUT2D eigenvalue weighted by atomic mass is 35.5. The number of rotatable bonds is 6. The molecule has 2 aromatic carbocycles. The minimum absolute atomic E-state index is 0.0260. The molecule has 1 aliphatic heterocycles. The number of anilines is 1. The van der Waals surface area contributed by atoms with E-state index in [1.165, 1.54) is 24.8 Å². The van der Waals surface area contributed by atoms with Crippen molar-refractivity contribution in [3.63, 3.8) is 0 Å². The fourth-order valence-corrected chi connectivity index (χ4v) is 5.60. The van der Waals surface area contributed by atoms with Crippen LogP contribution in [0.15, 0.2) is 42.5 Å². The van der Waals surface area contributed by atoms with E-state index in [2.05, 4.69) is 40.0 Å². The van der Waals surface area contributed by atoms with Crippen LogP contribution in [-0.2, 0) is 6.42 Å². The molecule has 0 radical (unpaired) electrons. The molecule has 2 fully saturated rings. The summed E-state index contributed by atoms with van der Waals surface area (Å²) >= 11 is 6.33. The Morgan fingerprint density at radius 2 is 1.78 bits per heavy atom. The number of methoxy groups -OCH3 is 1.